The quantitative estimate of drug-likeness (QED) is 0.177. The van der Waals surface area contributed by atoms with Crippen LogP contribution in [0.2, 0.25) is 0 Å². The van der Waals surface area contributed by atoms with E-state index < -0.39 is 39.1 Å². The van der Waals surface area contributed by atoms with Crippen molar-refractivity contribution in [2.24, 2.45) is 0 Å². The molecule has 0 bridgehead atoms. The molecular weight excluding hydrogens is 630 g/mol. The first-order valence-corrected chi connectivity index (χ1v) is 16.9. The van der Waals surface area contributed by atoms with Crippen molar-refractivity contribution in [3.05, 3.63) is 77.5 Å². The van der Waals surface area contributed by atoms with Crippen LogP contribution < -0.4 is 15.4 Å². The van der Waals surface area contributed by atoms with E-state index in [1.54, 1.807) is 25.4 Å². The largest absolute Gasteiger partial charge is 0.444 e. The average molecular weight is 669 g/mol. The highest BCUT2D eigenvalue weighted by Gasteiger charge is 2.25. The van der Waals surface area contributed by atoms with Gasteiger partial charge in [-0.1, -0.05) is 18.2 Å². The lowest BCUT2D eigenvalue weighted by atomic mass is 9.91. The first-order valence-electron chi connectivity index (χ1n) is 15.2. The highest BCUT2D eigenvalue weighted by atomic mass is 32.2. The van der Waals surface area contributed by atoms with Crippen LogP contribution in [0.1, 0.15) is 57.6 Å². The predicted octanol–water partition coefficient (Wildman–Crippen LogP) is 6.31. The van der Waals surface area contributed by atoms with E-state index in [2.05, 4.69) is 25.3 Å². The second-order valence-electron chi connectivity index (χ2n) is 12.5. The predicted molar refractivity (Wildman–Crippen MR) is 175 cm³/mol. The molecule has 2 aromatic heterocycles. The zero-order valence-corrected chi connectivity index (χ0v) is 27.5. The lowest BCUT2D eigenvalue weighted by molar-refractivity contribution is 0.0492. The van der Waals surface area contributed by atoms with E-state index in [-0.39, 0.29) is 24.4 Å². The van der Waals surface area contributed by atoms with Crippen molar-refractivity contribution in [3.8, 4) is 11.3 Å². The lowest BCUT2D eigenvalue weighted by Gasteiger charge is -2.30. The molecule has 1 saturated carbocycles. The van der Waals surface area contributed by atoms with Crippen LogP contribution in [0.15, 0.2) is 54.7 Å². The highest BCUT2D eigenvalue weighted by Crippen LogP contribution is 2.29. The Morgan fingerprint density at radius 2 is 1.68 bits per heavy atom. The number of fused-ring (bicyclic) bond motifs is 1. The van der Waals surface area contributed by atoms with Gasteiger partial charge >= 0.3 is 6.09 Å². The number of anilines is 2. The molecule has 47 heavy (non-hydrogen) atoms. The molecule has 0 aliphatic heterocycles. The Morgan fingerprint density at radius 1 is 0.979 bits per heavy atom. The maximum absolute atomic E-state index is 15.2. The number of carbonyl (C=O) groups is 1. The summed E-state index contributed by atoms with van der Waals surface area (Å²) in [6.07, 6.45) is 4.38. The molecule has 0 radical (unpaired) electrons. The van der Waals surface area contributed by atoms with Crippen LogP contribution in [0.5, 0.6) is 0 Å². The molecule has 250 valence electrons. The molecule has 2 heterocycles. The number of methoxy groups -OCH3 is 1. The zero-order chi connectivity index (χ0) is 33.8. The molecule has 0 saturated heterocycles. The molecule has 2 aromatic carbocycles. The molecule has 1 fully saturated rings. The van der Waals surface area contributed by atoms with Crippen molar-refractivity contribution in [1.29, 1.82) is 0 Å². The van der Waals surface area contributed by atoms with Gasteiger partial charge in [0.15, 0.2) is 0 Å². The second kappa shape index (κ2) is 14.1. The van der Waals surface area contributed by atoms with Crippen LogP contribution in [-0.4, -0.2) is 54.3 Å². The van der Waals surface area contributed by atoms with Gasteiger partial charge in [0, 0.05) is 30.3 Å². The molecule has 5 rings (SSSR count). The minimum Gasteiger partial charge on any atom is -0.444 e. The summed E-state index contributed by atoms with van der Waals surface area (Å²) < 4.78 is 66.7. The molecule has 0 unspecified atom stereocenters. The van der Waals surface area contributed by atoms with Crippen molar-refractivity contribution in [2.45, 2.75) is 76.5 Å². The van der Waals surface area contributed by atoms with E-state index in [4.69, 9.17) is 14.5 Å². The summed E-state index contributed by atoms with van der Waals surface area (Å²) in [5, 5.41) is 6.34. The molecule has 3 N–H and O–H groups in total. The van der Waals surface area contributed by atoms with E-state index in [1.807, 2.05) is 20.8 Å². The minimum atomic E-state index is -3.96. The van der Waals surface area contributed by atoms with Crippen LogP contribution in [0, 0.1) is 11.6 Å². The Kier molecular flexibility index (Phi) is 10.2. The van der Waals surface area contributed by atoms with Crippen molar-refractivity contribution >= 4 is 38.8 Å². The van der Waals surface area contributed by atoms with Crippen LogP contribution in [0.25, 0.3) is 22.3 Å². The van der Waals surface area contributed by atoms with Gasteiger partial charge in [0.1, 0.15) is 22.8 Å². The number of rotatable bonds is 10. The van der Waals surface area contributed by atoms with Crippen LogP contribution in [-0.2, 0) is 31.9 Å². The van der Waals surface area contributed by atoms with E-state index in [1.165, 1.54) is 24.3 Å². The van der Waals surface area contributed by atoms with Gasteiger partial charge in [-0.3, -0.25) is 4.72 Å². The number of hydrogen-bond acceptors (Lipinski definition) is 9. The van der Waals surface area contributed by atoms with Gasteiger partial charge in [-0.25, -0.2) is 36.9 Å². The third-order valence-electron chi connectivity index (χ3n) is 7.51. The maximum atomic E-state index is 15.2. The minimum absolute atomic E-state index is 0.0388. The monoisotopic (exact) mass is 668 g/mol. The summed E-state index contributed by atoms with van der Waals surface area (Å²) in [5.41, 5.74) is 2.23. The number of aromatic nitrogens is 3. The third-order valence-corrected chi connectivity index (χ3v) is 8.75. The summed E-state index contributed by atoms with van der Waals surface area (Å²) in [6, 6.07) is 11.1. The van der Waals surface area contributed by atoms with E-state index in [0.717, 1.165) is 37.8 Å². The molecular formula is C33H38F2N6O5S. The molecule has 4 aromatic rings. The number of nitrogens with one attached hydrogen (secondary N) is 3. The van der Waals surface area contributed by atoms with Gasteiger partial charge in [0.05, 0.1) is 35.5 Å². The number of benzene rings is 2. The van der Waals surface area contributed by atoms with Gasteiger partial charge in [0.2, 0.25) is 16.0 Å². The second-order valence-corrected chi connectivity index (χ2v) is 14.3. The molecule has 14 heteroatoms. The highest BCUT2D eigenvalue weighted by molar-refractivity contribution is 7.91. The summed E-state index contributed by atoms with van der Waals surface area (Å²) in [5.74, 6) is -1.27. The van der Waals surface area contributed by atoms with E-state index in [0.29, 0.717) is 39.4 Å². The number of alkyl carbamates (subject to hydrolysis) is 1. The normalized spacial score (nSPS) is 16.9. The number of ether oxygens (including phenoxy) is 2. The van der Waals surface area contributed by atoms with Gasteiger partial charge < -0.3 is 20.1 Å². The Bertz CT molecular complexity index is 1840. The SMILES string of the molecule is COCc1cc(-c2ccc(NS(=O)(=O)Cc3ccc(F)cc3)c(F)c2)nc2cnc(NC3CCC(NC(=O)OC(C)(C)C)CC3)nc12. The van der Waals surface area contributed by atoms with Crippen LogP contribution in [0.4, 0.5) is 25.2 Å². The van der Waals surface area contributed by atoms with Crippen molar-refractivity contribution in [3.63, 3.8) is 0 Å². The van der Waals surface area contributed by atoms with Gasteiger partial charge in [-0.15, -0.1) is 0 Å². The van der Waals surface area contributed by atoms with E-state index >= 15 is 4.39 Å². The molecule has 0 spiro atoms. The lowest BCUT2D eigenvalue weighted by Crippen LogP contribution is -2.42. The number of amides is 1. The molecule has 1 aliphatic carbocycles. The zero-order valence-electron chi connectivity index (χ0n) is 26.6. The fraction of sp³-hybridized carbons (Fsp3) is 0.394. The van der Waals surface area contributed by atoms with Crippen LogP contribution in [0.3, 0.4) is 0 Å². The summed E-state index contributed by atoms with van der Waals surface area (Å²) in [4.78, 5) is 26.0. The molecule has 0 atom stereocenters. The number of nitrogens with zero attached hydrogens (tertiary/aromatic N) is 3. The topological polar surface area (TPSA) is 144 Å². The summed E-state index contributed by atoms with van der Waals surface area (Å²) >= 11 is 0. The Morgan fingerprint density at radius 3 is 2.34 bits per heavy atom. The maximum Gasteiger partial charge on any atom is 0.407 e. The van der Waals surface area contributed by atoms with Gasteiger partial charge in [-0.2, -0.15) is 0 Å². The Balaban J connectivity index is 1.27. The van der Waals surface area contributed by atoms with Crippen molar-refractivity contribution < 1.29 is 31.5 Å². The molecule has 1 amide bonds. The Labute approximate surface area is 272 Å². The average Bonchev–Trinajstić information content (AvgIpc) is 2.99. The number of pyridine rings is 1. The summed E-state index contributed by atoms with van der Waals surface area (Å²) in [7, 11) is -2.40. The Hall–Kier alpha value is -4.43. The first kappa shape index (κ1) is 33.9. The van der Waals surface area contributed by atoms with Crippen LogP contribution >= 0.6 is 0 Å². The van der Waals surface area contributed by atoms with E-state index in [9.17, 15) is 17.6 Å². The number of sulfonamides is 1. The van der Waals surface area contributed by atoms with Gasteiger partial charge in [0.25, 0.3) is 0 Å². The van der Waals surface area contributed by atoms with Crippen molar-refractivity contribution in [1.82, 2.24) is 20.3 Å². The number of halogens is 2. The standard InChI is InChI=1S/C33H38F2N6O5S/c1-33(2,3)46-32(42)38-25-12-10-24(11-13-25)37-31-36-17-29-30(40-31)22(18-45-4)16-28(39-29)21-7-14-27(26(35)15-21)41-47(43,44)19-20-5-8-23(34)9-6-20/h5-9,14-17,24-25,41H,10-13,18-19H2,1-4H3,(H,38,42)(H,36,37,40). The fourth-order valence-corrected chi connectivity index (χ4v) is 6.58. The van der Waals surface area contributed by atoms with Gasteiger partial charge in [-0.05, 0) is 82.3 Å². The smallest absolute Gasteiger partial charge is 0.407 e. The fourth-order valence-electron chi connectivity index (χ4n) is 5.37. The number of hydrogen-bond donors (Lipinski definition) is 3. The first-order chi connectivity index (χ1) is 22.3. The van der Waals surface area contributed by atoms with Crippen molar-refractivity contribution in [2.75, 3.05) is 17.1 Å². The third kappa shape index (κ3) is 9.32. The molecule has 11 nitrogen and oxygen atoms in total. The number of carbonyl (C=O) groups excluding carboxylic acids is 1. The molecule has 1 aliphatic rings. The summed E-state index contributed by atoms with van der Waals surface area (Å²) in [6.45, 7) is 5.71.